The predicted molar refractivity (Wildman–Crippen MR) is 98.1 cm³/mol. The first kappa shape index (κ1) is 16.6. The van der Waals surface area contributed by atoms with Crippen molar-refractivity contribution in [2.75, 3.05) is 6.54 Å². The zero-order valence-corrected chi connectivity index (χ0v) is 14.6. The fourth-order valence-corrected chi connectivity index (χ4v) is 3.38. The summed E-state index contributed by atoms with van der Waals surface area (Å²) < 4.78 is 1.07. The first-order valence-electron chi connectivity index (χ1n) is 7.85. The largest absolute Gasteiger partial charge is 0.389 e. The van der Waals surface area contributed by atoms with Crippen LogP contribution in [0.3, 0.4) is 0 Å². The first-order valence-corrected chi connectivity index (χ1v) is 8.66. The van der Waals surface area contributed by atoms with Crippen LogP contribution in [0.15, 0.2) is 48.5 Å². The highest BCUT2D eigenvalue weighted by Crippen LogP contribution is 2.28. The second-order valence-corrected chi connectivity index (χ2v) is 7.54. The maximum atomic E-state index is 12.0. The van der Waals surface area contributed by atoms with Crippen LogP contribution in [0, 0.1) is 0 Å². The Morgan fingerprint density at radius 2 is 1.92 bits per heavy atom. The molecule has 0 saturated carbocycles. The second kappa shape index (κ2) is 6.71. The van der Waals surface area contributed by atoms with Gasteiger partial charge >= 0.3 is 0 Å². The molecule has 1 heterocycles. The summed E-state index contributed by atoms with van der Waals surface area (Å²) in [4.78, 5) is 16.5. The second-order valence-electron chi connectivity index (χ2n) is 6.42. The lowest BCUT2D eigenvalue weighted by atomic mass is 10.1. The first-order chi connectivity index (χ1) is 11.4. The molecule has 3 rings (SSSR count). The summed E-state index contributed by atoms with van der Waals surface area (Å²) >= 11 is 1.53. The van der Waals surface area contributed by atoms with Crippen LogP contribution < -0.4 is 5.32 Å². The highest BCUT2D eigenvalue weighted by atomic mass is 32.1. The number of nitrogens with zero attached hydrogens (tertiary/aromatic N) is 1. The monoisotopic (exact) mass is 340 g/mol. The lowest BCUT2D eigenvalue weighted by Crippen LogP contribution is -2.38. The Labute approximate surface area is 145 Å². The summed E-state index contributed by atoms with van der Waals surface area (Å²) in [6.45, 7) is 3.56. The molecule has 0 aliphatic rings. The maximum Gasteiger partial charge on any atom is 0.226 e. The van der Waals surface area contributed by atoms with E-state index in [0.717, 1.165) is 26.4 Å². The number of hydrogen-bond acceptors (Lipinski definition) is 4. The molecule has 0 unspecified atom stereocenters. The number of thiazole rings is 1. The molecule has 0 saturated heterocycles. The van der Waals surface area contributed by atoms with Gasteiger partial charge in [0.15, 0.2) is 0 Å². The van der Waals surface area contributed by atoms with Crippen molar-refractivity contribution in [3.05, 3.63) is 53.5 Å². The molecule has 0 fully saturated rings. The van der Waals surface area contributed by atoms with E-state index >= 15 is 0 Å². The van der Waals surface area contributed by atoms with Crippen LogP contribution in [0.2, 0.25) is 0 Å². The van der Waals surface area contributed by atoms with Crippen LogP contribution in [-0.4, -0.2) is 28.1 Å². The van der Waals surface area contributed by atoms with E-state index in [-0.39, 0.29) is 18.9 Å². The third-order valence-electron chi connectivity index (χ3n) is 3.57. The zero-order chi connectivity index (χ0) is 17.2. The van der Waals surface area contributed by atoms with Crippen LogP contribution in [0.25, 0.3) is 21.3 Å². The molecule has 124 valence electrons. The normalized spacial score (nSPS) is 11.6. The van der Waals surface area contributed by atoms with Crippen LogP contribution in [0.5, 0.6) is 0 Å². The molecule has 0 atom stereocenters. The van der Waals surface area contributed by atoms with E-state index in [9.17, 15) is 9.90 Å². The van der Waals surface area contributed by atoms with E-state index in [4.69, 9.17) is 0 Å². The molecule has 1 aromatic heterocycles. The molecule has 2 N–H and O–H groups in total. The quantitative estimate of drug-likeness (QED) is 0.748. The van der Waals surface area contributed by atoms with Gasteiger partial charge in [0.1, 0.15) is 5.01 Å². The number of benzene rings is 2. The molecular weight excluding hydrogens is 320 g/mol. The van der Waals surface area contributed by atoms with Gasteiger partial charge in [-0.15, -0.1) is 11.3 Å². The molecule has 0 radical (unpaired) electrons. The number of amides is 1. The van der Waals surface area contributed by atoms with Crippen molar-refractivity contribution in [3.8, 4) is 11.1 Å². The van der Waals surface area contributed by atoms with Gasteiger partial charge in [-0.3, -0.25) is 4.79 Å². The highest BCUT2D eigenvalue weighted by Gasteiger charge is 2.15. The molecular formula is C19H20N2O2S. The van der Waals surface area contributed by atoms with Crippen molar-refractivity contribution in [3.63, 3.8) is 0 Å². The fourth-order valence-electron chi connectivity index (χ4n) is 2.37. The van der Waals surface area contributed by atoms with Crippen molar-refractivity contribution >= 4 is 27.5 Å². The summed E-state index contributed by atoms with van der Waals surface area (Å²) in [5, 5.41) is 13.2. The van der Waals surface area contributed by atoms with Gasteiger partial charge in [-0.2, -0.15) is 0 Å². The molecule has 0 aliphatic carbocycles. The molecule has 3 aromatic rings. The van der Waals surface area contributed by atoms with E-state index < -0.39 is 5.60 Å². The standard InChI is InChI=1S/C19H20N2O2S/c1-19(2,23)12-20-17(22)11-18-21-15-9-8-14(10-16(15)24-18)13-6-4-3-5-7-13/h3-10,23H,11-12H2,1-2H3,(H,20,22). The molecule has 1 amide bonds. The Morgan fingerprint density at radius 3 is 2.62 bits per heavy atom. The molecule has 5 heteroatoms. The number of hydrogen-bond donors (Lipinski definition) is 2. The molecule has 2 aromatic carbocycles. The smallest absolute Gasteiger partial charge is 0.226 e. The summed E-state index contributed by atoms with van der Waals surface area (Å²) in [5.41, 5.74) is 2.31. The molecule has 24 heavy (non-hydrogen) atoms. The molecule has 0 bridgehead atoms. The van der Waals surface area contributed by atoms with Gasteiger partial charge in [0.25, 0.3) is 0 Å². The third kappa shape index (κ3) is 4.19. The van der Waals surface area contributed by atoms with Gasteiger partial charge in [-0.1, -0.05) is 36.4 Å². The van der Waals surface area contributed by atoms with Gasteiger partial charge in [-0.05, 0) is 37.1 Å². The summed E-state index contributed by atoms with van der Waals surface area (Å²) in [6.07, 6.45) is 0.232. The van der Waals surface area contributed by atoms with Gasteiger partial charge in [0, 0.05) is 6.54 Å². The van der Waals surface area contributed by atoms with Crippen molar-refractivity contribution in [2.45, 2.75) is 25.9 Å². The van der Waals surface area contributed by atoms with Crippen molar-refractivity contribution in [2.24, 2.45) is 0 Å². The Bertz CT molecular complexity index is 851. The fraction of sp³-hybridized carbons (Fsp3) is 0.263. The van der Waals surface area contributed by atoms with E-state index in [1.807, 2.05) is 24.3 Å². The number of fused-ring (bicyclic) bond motifs is 1. The molecule has 4 nitrogen and oxygen atoms in total. The van der Waals surface area contributed by atoms with Crippen molar-refractivity contribution in [1.82, 2.24) is 10.3 Å². The Kier molecular flexibility index (Phi) is 4.64. The zero-order valence-electron chi connectivity index (χ0n) is 13.7. The van der Waals surface area contributed by atoms with E-state index in [0.29, 0.717) is 0 Å². The Hall–Kier alpha value is -2.24. The Balaban J connectivity index is 1.76. The van der Waals surface area contributed by atoms with Gasteiger partial charge in [0.05, 0.1) is 22.2 Å². The summed E-state index contributed by atoms with van der Waals surface area (Å²) in [6, 6.07) is 16.3. The third-order valence-corrected chi connectivity index (χ3v) is 4.59. The van der Waals surface area contributed by atoms with Crippen LogP contribution >= 0.6 is 11.3 Å². The number of carbonyl (C=O) groups excluding carboxylic acids is 1. The number of aliphatic hydroxyl groups is 1. The number of nitrogens with one attached hydrogen (secondary N) is 1. The van der Waals surface area contributed by atoms with E-state index in [1.165, 1.54) is 11.3 Å². The molecule has 0 aliphatic heterocycles. The topological polar surface area (TPSA) is 62.2 Å². The average Bonchev–Trinajstić information content (AvgIpc) is 2.94. The van der Waals surface area contributed by atoms with Crippen LogP contribution in [0.1, 0.15) is 18.9 Å². The lowest BCUT2D eigenvalue weighted by Gasteiger charge is -2.17. The summed E-state index contributed by atoms with van der Waals surface area (Å²) in [5.74, 6) is -0.125. The van der Waals surface area contributed by atoms with Gasteiger partial charge in [0.2, 0.25) is 5.91 Å². The summed E-state index contributed by atoms with van der Waals surface area (Å²) in [7, 11) is 0. The van der Waals surface area contributed by atoms with Crippen molar-refractivity contribution in [1.29, 1.82) is 0 Å². The van der Waals surface area contributed by atoms with E-state index in [2.05, 4.69) is 34.6 Å². The Morgan fingerprint density at radius 1 is 1.17 bits per heavy atom. The maximum absolute atomic E-state index is 12.0. The average molecular weight is 340 g/mol. The lowest BCUT2D eigenvalue weighted by molar-refractivity contribution is -0.121. The van der Waals surface area contributed by atoms with Crippen LogP contribution in [-0.2, 0) is 11.2 Å². The van der Waals surface area contributed by atoms with E-state index in [1.54, 1.807) is 13.8 Å². The molecule has 0 spiro atoms. The number of carbonyl (C=O) groups is 1. The van der Waals surface area contributed by atoms with Gasteiger partial charge < -0.3 is 10.4 Å². The minimum Gasteiger partial charge on any atom is -0.389 e. The highest BCUT2D eigenvalue weighted by molar-refractivity contribution is 7.18. The number of rotatable bonds is 5. The van der Waals surface area contributed by atoms with Gasteiger partial charge in [-0.25, -0.2) is 4.98 Å². The minimum absolute atomic E-state index is 0.125. The minimum atomic E-state index is -0.909. The van der Waals surface area contributed by atoms with Crippen molar-refractivity contribution < 1.29 is 9.90 Å². The number of aromatic nitrogens is 1. The van der Waals surface area contributed by atoms with Crippen LogP contribution in [0.4, 0.5) is 0 Å². The SMILES string of the molecule is CC(C)(O)CNC(=O)Cc1nc2ccc(-c3ccccc3)cc2s1. The predicted octanol–water partition coefficient (Wildman–Crippen LogP) is 3.39.